The number of aryl methyl sites for hydroxylation is 1. The maximum atomic E-state index is 14.3. The number of fused-ring (bicyclic) bond motifs is 11. The average molecular weight is 678 g/mol. The summed E-state index contributed by atoms with van der Waals surface area (Å²) in [4.78, 5) is 5.48. The molecule has 1 aromatic heterocycles. The van der Waals surface area contributed by atoms with Crippen LogP contribution < -0.4 is 0 Å². The van der Waals surface area contributed by atoms with Gasteiger partial charge in [0.1, 0.15) is 5.82 Å². The lowest BCUT2D eigenvalue weighted by Crippen LogP contribution is -1.96. The molecule has 2 heteroatoms. The fourth-order valence-corrected chi connectivity index (χ4v) is 8.98. The van der Waals surface area contributed by atoms with E-state index >= 15 is 0 Å². The van der Waals surface area contributed by atoms with E-state index in [-0.39, 0.29) is 5.82 Å². The summed E-state index contributed by atoms with van der Waals surface area (Å²) >= 11 is 0. The van der Waals surface area contributed by atoms with Crippen LogP contribution in [0.3, 0.4) is 0 Å². The molecule has 9 aromatic carbocycles. The van der Waals surface area contributed by atoms with Crippen LogP contribution in [-0.4, -0.2) is 4.98 Å². The first-order chi connectivity index (χ1) is 26.2. The number of aromatic nitrogens is 1. The minimum absolute atomic E-state index is 0.259. The molecule has 0 N–H and O–H groups in total. The smallest absolute Gasteiger partial charge is 0.123 e. The lowest BCUT2D eigenvalue weighted by atomic mass is 9.84. The number of allylic oxidation sites excluding steroid dienone is 1. The van der Waals surface area contributed by atoms with Gasteiger partial charge in [0.2, 0.25) is 0 Å². The summed E-state index contributed by atoms with van der Waals surface area (Å²) in [6.07, 6.45) is 6.75. The molecule has 0 radical (unpaired) electrons. The fraction of sp³-hybridized carbons (Fsp3) is 0.0392. The molecule has 0 fully saturated rings. The Hall–Kier alpha value is -6.64. The highest BCUT2D eigenvalue weighted by atomic mass is 19.1. The molecule has 0 amide bonds. The molecule has 1 heterocycles. The predicted octanol–water partition coefficient (Wildman–Crippen LogP) is 14.1. The van der Waals surface area contributed by atoms with Gasteiger partial charge < -0.3 is 0 Å². The molecule has 0 spiro atoms. The van der Waals surface area contributed by atoms with Gasteiger partial charge >= 0.3 is 0 Å². The summed E-state index contributed by atoms with van der Waals surface area (Å²) in [5.74, 6) is -0.259. The fourth-order valence-electron chi connectivity index (χ4n) is 8.98. The second-order valence-corrected chi connectivity index (χ2v) is 14.2. The van der Waals surface area contributed by atoms with E-state index in [9.17, 15) is 4.39 Å². The number of pyridine rings is 1. The highest BCUT2D eigenvalue weighted by molar-refractivity contribution is 6.34. The van der Waals surface area contributed by atoms with E-state index in [0.717, 1.165) is 51.3 Å². The summed E-state index contributed by atoms with van der Waals surface area (Å²) in [6, 6.07) is 55.5. The van der Waals surface area contributed by atoms with Gasteiger partial charge in [-0.25, -0.2) is 9.37 Å². The number of hydrogen-bond acceptors (Lipinski definition) is 1. The topological polar surface area (TPSA) is 12.9 Å². The van der Waals surface area contributed by atoms with Crippen LogP contribution in [0.15, 0.2) is 164 Å². The SMILES string of the molecule is Fc1ccc(-c2nc3cc(-c4c5ccccc5c(-c5ccc6c(c5)C=CCC6)c5ccccc45)ccc3c3c4ccccc4c4ccccc4c23)cc1. The standard InChI is InChI=1S/C51H32FN/c52-36-26-23-32(24-27-36)51-50-40-16-6-4-14-38(40)37-13-3-5-15-39(37)49(50)45-28-25-35(30-46(45)53-51)48-43-19-9-7-17-41(43)47(42-18-8-10-20-44(42)48)34-22-21-31-11-1-2-12-33(31)29-34/h2-10,12-30H,1,11H2. The van der Waals surface area contributed by atoms with Crippen molar-refractivity contribution in [1.82, 2.24) is 4.98 Å². The third-order valence-electron chi connectivity index (χ3n) is 11.3. The van der Waals surface area contributed by atoms with Crippen molar-refractivity contribution < 1.29 is 4.39 Å². The van der Waals surface area contributed by atoms with Crippen LogP contribution in [0.1, 0.15) is 17.5 Å². The molecule has 11 rings (SSSR count). The highest BCUT2D eigenvalue weighted by Gasteiger charge is 2.21. The Morgan fingerprint density at radius 1 is 0.434 bits per heavy atom. The zero-order valence-corrected chi connectivity index (χ0v) is 28.9. The molecule has 0 saturated heterocycles. The van der Waals surface area contributed by atoms with E-state index in [0.29, 0.717) is 0 Å². The molecule has 0 aliphatic heterocycles. The Morgan fingerprint density at radius 3 is 1.57 bits per heavy atom. The van der Waals surface area contributed by atoms with Gasteiger partial charge in [-0.2, -0.15) is 0 Å². The molecule has 248 valence electrons. The second kappa shape index (κ2) is 11.7. The van der Waals surface area contributed by atoms with Gasteiger partial charge in [0.25, 0.3) is 0 Å². The Bertz CT molecular complexity index is 3110. The first kappa shape index (κ1) is 30.0. The number of benzene rings is 9. The van der Waals surface area contributed by atoms with Crippen molar-refractivity contribution in [3.05, 3.63) is 181 Å². The van der Waals surface area contributed by atoms with Gasteiger partial charge in [0.05, 0.1) is 11.2 Å². The highest BCUT2D eigenvalue weighted by Crippen LogP contribution is 2.47. The molecule has 53 heavy (non-hydrogen) atoms. The van der Waals surface area contributed by atoms with Crippen LogP contribution >= 0.6 is 0 Å². The first-order valence-electron chi connectivity index (χ1n) is 18.4. The lowest BCUT2D eigenvalue weighted by Gasteiger charge is -2.20. The van der Waals surface area contributed by atoms with E-state index < -0.39 is 0 Å². The number of hydrogen-bond donors (Lipinski definition) is 0. The van der Waals surface area contributed by atoms with Crippen LogP contribution in [0.4, 0.5) is 4.39 Å². The molecule has 1 nitrogen and oxygen atoms in total. The number of rotatable bonds is 3. The molecule has 0 unspecified atom stereocenters. The minimum Gasteiger partial charge on any atom is -0.247 e. The Labute approximate surface area is 306 Å². The average Bonchev–Trinajstić information content (AvgIpc) is 3.22. The van der Waals surface area contributed by atoms with E-state index in [1.54, 1.807) is 0 Å². The van der Waals surface area contributed by atoms with Crippen LogP contribution in [0, 0.1) is 5.82 Å². The third kappa shape index (κ3) is 4.59. The van der Waals surface area contributed by atoms with Crippen molar-refractivity contribution in [3.8, 4) is 33.5 Å². The summed E-state index contributed by atoms with van der Waals surface area (Å²) < 4.78 is 14.3. The van der Waals surface area contributed by atoms with Gasteiger partial charge in [-0.05, 0) is 126 Å². The third-order valence-corrected chi connectivity index (χ3v) is 11.3. The van der Waals surface area contributed by atoms with E-state index in [2.05, 4.69) is 146 Å². The van der Waals surface area contributed by atoms with Gasteiger partial charge in [-0.15, -0.1) is 0 Å². The summed E-state index contributed by atoms with van der Waals surface area (Å²) in [5.41, 5.74) is 10.2. The van der Waals surface area contributed by atoms with Crippen molar-refractivity contribution in [2.45, 2.75) is 12.8 Å². The second-order valence-electron chi connectivity index (χ2n) is 14.2. The van der Waals surface area contributed by atoms with E-state index in [1.165, 1.54) is 83.0 Å². The predicted molar refractivity (Wildman–Crippen MR) is 223 cm³/mol. The normalized spacial score (nSPS) is 12.8. The summed E-state index contributed by atoms with van der Waals surface area (Å²) in [5, 5.41) is 13.0. The monoisotopic (exact) mass is 677 g/mol. The molecule has 1 aliphatic carbocycles. The van der Waals surface area contributed by atoms with Gasteiger partial charge in [0.15, 0.2) is 0 Å². The zero-order valence-electron chi connectivity index (χ0n) is 28.9. The van der Waals surface area contributed by atoms with Crippen LogP contribution in [0.2, 0.25) is 0 Å². The largest absolute Gasteiger partial charge is 0.247 e. The van der Waals surface area contributed by atoms with Gasteiger partial charge in [-0.1, -0.05) is 133 Å². The Morgan fingerprint density at radius 2 is 0.943 bits per heavy atom. The van der Waals surface area contributed by atoms with Crippen molar-refractivity contribution in [2.24, 2.45) is 0 Å². The number of nitrogens with zero attached hydrogens (tertiary/aromatic N) is 1. The first-order valence-corrected chi connectivity index (χ1v) is 18.4. The van der Waals surface area contributed by atoms with Crippen molar-refractivity contribution in [1.29, 1.82) is 0 Å². The molecule has 1 aliphatic rings. The molecule has 0 bridgehead atoms. The molecule has 0 atom stereocenters. The van der Waals surface area contributed by atoms with Crippen molar-refractivity contribution >= 4 is 70.8 Å². The van der Waals surface area contributed by atoms with E-state index in [1.807, 2.05) is 12.1 Å². The van der Waals surface area contributed by atoms with Crippen LogP contribution in [0.5, 0.6) is 0 Å². The summed E-state index contributed by atoms with van der Waals surface area (Å²) in [6.45, 7) is 0. The minimum atomic E-state index is -0.259. The molecule has 0 saturated carbocycles. The molecular weight excluding hydrogens is 646 g/mol. The Balaban J connectivity index is 1.24. The number of halogens is 1. The maximum absolute atomic E-state index is 14.3. The van der Waals surface area contributed by atoms with Crippen molar-refractivity contribution in [2.75, 3.05) is 0 Å². The van der Waals surface area contributed by atoms with Gasteiger partial charge in [0, 0.05) is 21.7 Å². The Kier molecular flexibility index (Phi) is 6.63. The lowest BCUT2D eigenvalue weighted by molar-refractivity contribution is 0.628. The van der Waals surface area contributed by atoms with E-state index in [4.69, 9.17) is 4.98 Å². The van der Waals surface area contributed by atoms with Gasteiger partial charge in [-0.3, -0.25) is 0 Å². The van der Waals surface area contributed by atoms with Crippen molar-refractivity contribution in [3.63, 3.8) is 0 Å². The zero-order chi connectivity index (χ0) is 35.0. The van der Waals surface area contributed by atoms with Crippen LogP contribution in [-0.2, 0) is 6.42 Å². The quantitative estimate of drug-likeness (QED) is 0.134. The molecular formula is C51H32FN. The van der Waals surface area contributed by atoms with Crippen LogP contribution in [0.25, 0.3) is 104 Å². The maximum Gasteiger partial charge on any atom is 0.123 e. The summed E-state index contributed by atoms with van der Waals surface area (Å²) in [7, 11) is 0. The molecule has 10 aromatic rings.